The topological polar surface area (TPSA) is 40.6 Å². The normalized spacial score (nSPS) is 19.9. The lowest BCUT2D eigenvalue weighted by Crippen LogP contribution is -2.33. The maximum atomic E-state index is 12.6. The van der Waals surface area contributed by atoms with Crippen molar-refractivity contribution < 1.29 is 9.59 Å². The Labute approximate surface area is 124 Å². The first-order valence-corrected chi connectivity index (χ1v) is 8.22. The summed E-state index contributed by atoms with van der Waals surface area (Å²) in [5.41, 5.74) is 1.40. The second-order valence-electron chi connectivity index (χ2n) is 5.15. The van der Waals surface area contributed by atoms with Crippen LogP contribution in [-0.2, 0) is 0 Å². The monoisotopic (exact) mass is 298 g/mol. The van der Waals surface area contributed by atoms with Crippen LogP contribution in [0.3, 0.4) is 0 Å². The van der Waals surface area contributed by atoms with Gasteiger partial charge in [0.25, 0.3) is 11.8 Å². The fraction of sp³-hybridized carbons (Fsp3) is 0.125. The number of hydrogen-bond donors (Lipinski definition) is 0. The first-order valence-electron chi connectivity index (χ1n) is 6.68. The van der Waals surface area contributed by atoms with Gasteiger partial charge in [-0.2, -0.15) is 0 Å². The molecule has 0 aromatic heterocycles. The fourth-order valence-corrected chi connectivity index (χ4v) is 7.18. The lowest BCUT2D eigenvalue weighted by Gasteiger charge is -2.44. The Morgan fingerprint density at radius 1 is 0.714 bits per heavy atom. The quantitative estimate of drug-likeness (QED) is 0.750. The largest absolute Gasteiger partial charge is 0.280 e. The van der Waals surface area contributed by atoms with Crippen LogP contribution in [0.1, 0.15) is 20.7 Å². The molecule has 5 heteroatoms. The third kappa shape index (κ3) is 1.23. The molecule has 0 saturated carbocycles. The van der Waals surface area contributed by atoms with Crippen molar-refractivity contribution in [3.63, 3.8) is 0 Å². The highest BCUT2D eigenvalue weighted by atomic mass is 32.3. The highest BCUT2D eigenvalue weighted by Crippen LogP contribution is 2.74. The molecule has 21 heavy (non-hydrogen) atoms. The van der Waals surface area contributed by atoms with E-state index in [0.29, 0.717) is 11.1 Å². The van der Waals surface area contributed by atoms with Crippen LogP contribution in [0.4, 0.5) is 0 Å². The average Bonchev–Trinajstić information content (AvgIpc) is 2.89. The first-order chi connectivity index (χ1) is 10.1. The van der Waals surface area contributed by atoms with Crippen LogP contribution >= 0.6 is 10.4 Å². The van der Waals surface area contributed by atoms with Crippen LogP contribution in [0.5, 0.6) is 0 Å². The van der Waals surface area contributed by atoms with Crippen molar-refractivity contribution in [1.82, 2.24) is 8.61 Å². The van der Waals surface area contributed by atoms with Crippen molar-refractivity contribution in [3.8, 4) is 0 Å². The lowest BCUT2D eigenvalue weighted by atomic mass is 10.2. The Hall–Kier alpha value is -2.27. The van der Waals surface area contributed by atoms with Crippen molar-refractivity contribution in [2.24, 2.45) is 0 Å². The molecule has 106 valence electrons. The average molecular weight is 298 g/mol. The molecule has 1 spiro atoms. The van der Waals surface area contributed by atoms with Crippen molar-refractivity contribution in [2.45, 2.75) is 9.79 Å². The molecule has 4 nitrogen and oxygen atoms in total. The van der Waals surface area contributed by atoms with Gasteiger partial charge in [-0.25, -0.2) is 0 Å². The minimum absolute atomic E-state index is 0.0167. The third-order valence-electron chi connectivity index (χ3n) is 4.21. The highest BCUT2D eigenvalue weighted by Gasteiger charge is 2.54. The number of carbonyl (C=O) groups excluding carboxylic acids is 2. The summed E-state index contributed by atoms with van der Waals surface area (Å²) in [5.74, 6) is -0.0334. The van der Waals surface area contributed by atoms with E-state index in [2.05, 4.69) is 0 Å². The zero-order chi connectivity index (χ0) is 14.8. The van der Waals surface area contributed by atoms with Crippen LogP contribution in [0.15, 0.2) is 58.3 Å². The van der Waals surface area contributed by atoms with Gasteiger partial charge in [-0.1, -0.05) is 24.3 Å². The molecule has 0 bridgehead atoms. The van der Waals surface area contributed by atoms with E-state index < -0.39 is 10.4 Å². The van der Waals surface area contributed by atoms with Crippen molar-refractivity contribution in [3.05, 3.63) is 59.7 Å². The maximum Gasteiger partial charge on any atom is 0.265 e. The van der Waals surface area contributed by atoms with Gasteiger partial charge in [0.15, 0.2) is 0 Å². The van der Waals surface area contributed by atoms with Crippen molar-refractivity contribution in [2.75, 3.05) is 14.1 Å². The summed E-state index contributed by atoms with van der Waals surface area (Å²) in [4.78, 5) is 27.2. The Kier molecular flexibility index (Phi) is 2.31. The zero-order valence-electron chi connectivity index (χ0n) is 11.7. The molecular weight excluding hydrogens is 284 g/mol. The van der Waals surface area contributed by atoms with Crippen LogP contribution < -0.4 is 0 Å². The Morgan fingerprint density at radius 3 is 1.52 bits per heavy atom. The molecule has 2 amide bonds. The summed E-state index contributed by atoms with van der Waals surface area (Å²) in [6, 6.07) is 15.2. The van der Waals surface area contributed by atoms with Gasteiger partial charge in [0, 0.05) is 23.9 Å². The van der Waals surface area contributed by atoms with E-state index in [1.807, 2.05) is 48.5 Å². The SMILES string of the molecule is CN1C(=O)c2ccccc2S12c1ccccc1C(=O)N2C. The molecule has 0 aliphatic carbocycles. The molecule has 2 aromatic rings. The molecule has 0 radical (unpaired) electrons. The molecule has 2 heterocycles. The Morgan fingerprint density at radius 2 is 1.10 bits per heavy atom. The van der Waals surface area contributed by atoms with E-state index >= 15 is 0 Å². The van der Waals surface area contributed by atoms with Gasteiger partial charge in [0.05, 0.1) is 11.1 Å². The number of hydrogen-bond acceptors (Lipinski definition) is 2. The molecule has 0 unspecified atom stereocenters. The molecule has 4 rings (SSSR count). The number of carbonyl (C=O) groups is 2. The van der Waals surface area contributed by atoms with Gasteiger partial charge in [-0.05, 0) is 34.7 Å². The summed E-state index contributed by atoms with van der Waals surface area (Å²) in [7, 11) is 1.66. The molecule has 2 aromatic carbocycles. The number of fused-ring (bicyclic) bond motifs is 4. The summed E-state index contributed by atoms with van der Waals surface area (Å²) < 4.78 is 3.50. The summed E-state index contributed by atoms with van der Waals surface area (Å²) in [6.45, 7) is 0. The maximum absolute atomic E-state index is 12.6. The van der Waals surface area contributed by atoms with Crippen molar-refractivity contribution >= 4 is 22.2 Å². The van der Waals surface area contributed by atoms with Crippen LogP contribution in [0.2, 0.25) is 0 Å². The van der Waals surface area contributed by atoms with Gasteiger partial charge in [0.1, 0.15) is 0 Å². The number of rotatable bonds is 0. The van der Waals surface area contributed by atoms with Crippen LogP contribution in [0.25, 0.3) is 0 Å². The smallest absolute Gasteiger partial charge is 0.265 e. The predicted octanol–water partition coefficient (Wildman–Crippen LogP) is 2.91. The third-order valence-corrected chi connectivity index (χ3v) is 8.07. The Bertz CT molecular complexity index is 735. The summed E-state index contributed by atoms with van der Waals surface area (Å²) in [6.07, 6.45) is 0. The van der Waals surface area contributed by atoms with Gasteiger partial charge >= 0.3 is 0 Å². The molecule has 2 aliphatic rings. The highest BCUT2D eigenvalue weighted by molar-refractivity contribution is 8.31. The standard InChI is InChI=1S/C16H14N2O2S/c1-17-15(19)11-7-3-5-9-13(11)21(17)14-10-6-4-8-12(14)16(20)18(21)2/h3-10H,1-2H3. The van der Waals surface area contributed by atoms with Gasteiger partial charge < -0.3 is 0 Å². The molecule has 0 fully saturated rings. The summed E-state index contributed by atoms with van der Waals surface area (Å²) in [5, 5.41) is 0. The van der Waals surface area contributed by atoms with Gasteiger partial charge in [-0.3, -0.25) is 18.2 Å². The predicted molar refractivity (Wildman–Crippen MR) is 81.2 cm³/mol. The molecule has 0 atom stereocenters. The molecule has 2 aliphatic heterocycles. The molecule has 0 N–H and O–H groups in total. The first kappa shape index (κ1) is 12.5. The number of nitrogens with zero attached hydrogens (tertiary/aromatic N) is 2. The van der Waals surface area contributed by atoms with E-state index in [1.54, 1.807) is 22.7 Å². The van der Waals surface area contributed by atoms with Crippen LogP contribution in [0, 0.1) is 0 Å². The van der Waals surface area contributed by atoms with Crippen molar-refractivity contribution in [1.29, 1.82) is 0 Å². The number of benzene rings is 2. The van der Waals surface area contributed by atoms with E-state index in [1.165, 1.54) is 0 Å². The van der Waals surface area contributed by atoms with E-state index in [4.69, 9.17) is 0 Å². The second kappa shape index (κ2) is 3.89. The second-order valence-corrected chi connectivity index (χ2v) is 8.22. The minimum Gasteiger partial charge on any atom is -0.280 e. The number of amides is 2. The van der Waals surface area contributed by atoms with E-state index in [0.717, 1.165) is 9.79 Å². The van der Waals surface area contributed by atoms with Crippen LogP contribution in [-0.4, -0.2) is 34.5 Å². The van der Waals surface area contributed by atoms with E-state index in [-0.39, 0.29) is 11.8 Å². The Balaban J connectivity index is 2.13. The molecular formula is C16H14N2O2S. The zero-order valence-corrected chi connectivity index (χ0v) is 12.6. The summed E-state index contributed by atoms with van der Waals surface area (Å²) >= 11 is 0. The fourth-order valence-electron chi connectivity index (χ4n) is 3.25. The lowest BCUT2D eigenvalue weighted by molar-refractivity contribution is 0.0878. The van der Waals surface area contributed by atoms with E-state index in [9.17, 15) is 9.59 Å². The van der Waals surface area contributed by atoms with Gasteiger partial charge in [0.2, 0.25) is 0 Å². The minimum atomic E-state index is -1.93. The van der Waals surface area contributed by atoms with Gasteiger partial charge in [-0.15, -0.1) is 0 Å². The molecule has 0 saturated heterocycles.